The third-order valence-corrected chi connectivity index (χ3v) is 3.63. The molecule has 0 unspecified atom stereocenters. The van der Waals surface area contributed by atoms with E-state index in [1.54, 1.807) is 12.1 Å². The quantitative estimate of drug-likeness (QED) is 0.567. The minimum atomic E-state index is -0.229. The molecule has 4 heteroatoms. The van der Waals surface area contributed by atoms with E-state index in [9.17, 15) is 4.39 Å². The van der Waals surface area contributed by atoms with Crippen molar-refractivity contribution in [3.05, 3.63) is 56.5 Å². The standard InChI is InChI=1S/C17H16Br2FN/c1-10(2)17-15(9-16(18)19)14(8-11(3)21-17)12-4-6-13(20)7-5-12/h4-10H,1-3H3. The Hall–Kier alpha value is -1.000. The van der Waals surface area contributed by atoms with Crippen molar-refractivity contribution in [1.29, 1.82) is 0 Å². The van der Waals surface area contributed by atoms with Crippen LogP contribution in [0.4, 0.5) is 4.39 Å². The number of benzene rings is 1. The largest absolute Gasteiger partial charge is 0.257 e. The molecule has 0 radical (unpaired) electrons. The van der Waals surface area contributed by atoms with Crippen LogP contribution in [0.25, 0.3) is 17.2 Å². The van der Waals surface area contributed by atoms with Crippen LogP contribution in [0.1, 0.15) is 36.7 Å². The van der Waals surface area contributed by atoms with Gasteiger partial charge in [-0.05, 0) is 80.1 Å². The van der Waals surface area contributed by atoms with E-state index in [0.29, 0.717) is 5.92 Å². The van der Waals surface area contributed by atoms with Crippen molar-refractivity contribution in [2.24, 2.45) is 0 Å². The molecule has 0 saturated carbocycles. The summed E-state index contributed by atoms with van der Waals surface area (Å²) in [7, 11) is 0. The second kappa shape index (κ2) is 6.84. The first-order valence-electron chi connectivity index (χ1n) is 6.68. The Morgan fingerprint density at radius 2 is 1.81 bits per heavy atom. The number of hydrogen-bond donors (Lipinski definition) is 0. The van der Waals surface area contributed by atoms with Crippen LogP contribution in [-0.4, -0.2) is 4.98 Å². The normalized spacial score (nSPS) is 10.8. The van der Waals surface area contributed by atoms with E-state index in [4.69, 9.17) is 0 Å². The number of aryl methyl sites for hydroxylation is 1. The van der Waals surface area contributed by atoms with Gasteiger partial charge in [-0.15, -0.1) is 0 Å². The van der Waals surface area contributed by atoms with E-state index in [0.717, 1.165) is 31.5 Å². The van der Waals surface area contributed by atoms with Crippen molar-refractivity contribution in [2.75, 3.05) is 0 Å². The van der Waals surface area contributed by atoms with Crippen LogP contribution in [0.15, 0.2) is 33.7 Å². The summed E-state index contributed by atoms with van der Waals surface area (Å²) in [4.78, 5) is 4.67. The molecule has 2 rings (SSSR count). The Balaban J connectivity index is 2.74. The monoisotopic (exact) mass is 411 g/mol. The third kappa shape index (κ3) is 4.01. The van der Waals surface area contributed by atoms with Gasteiger partial charge >= 0.3 is 0 Å². The van der Waals surface area contributed by atoms with Crippen LogP contribution >= 0.6 is 31.9 Å². The van der Waals surface area contributed by atoms with E-state index in [1.807, 2.05) is 19.1 Å². The summed E-state index contributed by atoms with van der Waals surface area (Å²) in [5.41, 5.74) is 5.08. The van der Waals surface area contributed by atoms with Crippen molar-refractivity contribution >= 4 is 37.9 Å². The van der Waals surface area contributed by atoms with Gasteiger partial charge in [-0.1, -0.05) is 26.0 Å². The van der Waals surface area contributed by atoms with Gasteiger partial charge in [0.25, 0.3) is 0 Å². The molecule has 0 spiro atoms. The highest BCUT2D eigenvalue weighted by Gasteiger charge is 2.14. The molecule has 0 fully saturated rings. The highest BCUT2D eigenvalue weighted by atomic mass is 79.9. The second-order valence-electron chi connectivity index (χ2n) is 5.21. The van der Waals surface area contributed by atoms with Gasteiger partial charge in [-0.3, -0.25) is 4.98 Å². The lowest BCUT2D eigenvalue weighted by molar-refractivity contribution is 0.628. The summed E-state index contributed by atoms with van der Waals surface area (Å²) in [5, 5.41) is 0. The third-order valence-electron chi connectivity index (χ3n) is 3.17. The predicted octanol–water partition coefficient (Wildman–Crippen LogP) is 6.41. The maximum Gasteiger partial charge on any atom is 0.123 e. The Bertz CT molecular complexity index is 672. The lowest BCUT2D eigenvalue weighted by atomic mass is 9.94. The van der Waals surface area contributed by atoms with Gasteiger partial charge < -0.3 is 0 Å². The molecule has 1 nitrogen and oxygen atoms in total. The molecule has 0 N–H and O–H groups in total. The van der Waals surface area contributed by atoms with Crippen molar-refractivity contribution in [3.8, 4) is 11.1 Å². The van der Waals surface area contributed by atoms with Crippen molar-refractivity contribution in [2.45, 2.75) is 26.7 Å². The topological polar surface area (TPSA) is 12.9 Å². The smallest absolute Gasteiger partial charge is 0.123 e. The minimum absolute atomic E-state index is 0.229. The molecular weight excluding hydrogens is 397 g/mol. The molecule has 21 heavy (non-hydrogen) atoms. The van der Waals surface area contributed by atoms with Crippen LogP contribution in [0, 0.1) is 12.7 Å². The highest BCUT2D eigenvalue weighted by Crippen LogP contribution is 2.33. The predicted molar refractivity (Wildman–Crippen MR) is 94.3 cm³/mol. The second-order valence-corrected chi connectivity index (χ2v) is 7.98. The Morgan fingerprint density at radius 3 is 2.33 bits per heavy atom. The summed E-state index contributed by atoms with van der Waals surface area (Å²) >= 11 is 6.84. The fourth-order valence-corrected chi connectivity index (χ4v) is 2.73. The lowest BCUT2D eigenvalue weighted by Crippen LogP contribution is -2.01. The number of aromatic nitrogens is 1. The summed E-state index contributed by atoms with van der Waals surface area (Å²) in [6.07, 6.45) is 2.00. The Kier molecular flexibility index (Phi) is 5.33. The van der Waals surface area contributed by atoms with Gasteiger partial charge in [-0.25, -0.2) is 4.39 Å². The van der Waals surface area contributed by atoms with E-state index >= 15 is 0 Å². The van der Waals surface area contributed by atoms with Crippen LogP contribution in [0.2, 0.25) is 0 Å². The first-order chi connectivity index (χ1) is 9.88. The van der Waals surface area contributed by atoms with Crippen LogP contribution in [-0.2, 0) is 0 Å². The van der Waals surface area contributed by atoms with E-state index in [-0.39, 0.29) is 5.82 Å². The first-order valence-corrected chi connectivity index (χ1v) is 8.27. The summed E-state index contributed by atoms with van der Waals surface area (Å²) < 4.78 is 14.0. The molecule has 0 aliphatic carbocycles. The van der Waals surface area contributed by atoms with Crippen LogP contribution in [0.3, 0.4) is 0 Å². The molecule has 0 saturated heterocycles. The molecule has 2 aromatic rings. The average Bonchev–Trinajstić information content (AvgIpc) is 2.40. The highest BCUT2D eigenvalue weighted by molar-refractivity contribution is 9.28. The average molecular weight is 413 g/mol. The molecule has 0 amide bonds. The Labute approximate surface area is 141 Å². The Morgan fingerprint density at radius 1 is 1.19 bits per heavy atom. The zero-order valence-corrected chi connectivity index (χ0v) is 15.3. The van der Waals surface area contributed by atoms with Gasteiger partial charge in [0.15, 0.2) is 0 Å². The number of hydrogen-bond acceptors (Lipinski definition) is 1. The molecule has 1 heterocycles. The fourth-order valence-electron chi connectivity index (χ4n) is 2.28. The molecule has 1 aromatic carbocycles. The molecule has 0 atom stereocenters. The number of pyridine rings is 1. The van der Waals surface area contributed by atoms with Crippen LogP contribution in [0.5, 0.6) is 0 Å². The van der Waals surface area contributed by atoms with E-state index in [1.165, 1.54) is 12.1 Å². The SMILES string of the molecule is Cc1cc(-c2ccc(F)cc2)c(C=C(Br)Br)c(C(C)C)n1. The van der Waals surface area contributed by atoms with Gasteiger partial charge in [-0.2, -0.15) is 0 Å². The van der Waals surface area contributed by atoms with Crippen molar-refractivity contribution in [3.63, 3.8) is 0 Å². The van der Waals surface area contributed by atoms with E-state index < -0.39 is 0 Å². The molecule has 0 aliphatic rings. The molecule has 1 aromatic heterocycles. The lowest BCUT2D eigenvalue weighted by Gasteiger charge is -2.16. The van der Waals surface area contributed by atoms with Gasteiger partial charge in [0.2, 0.25) is 0 Å². The maximum atomic E-state index is 13.2. The molecule has 110 valence electrons. The zero-order chi connectivity index (χ0) is 15.6. The van der Waals surface area contributed by atoms with Gasteiger partial charge in [0, 0.05) is 11.3 Å². The van der Waals surface area contributed by atoms with Crippen molar-refractivity contribution in [1.82, 2.24) is 4.98 Å². The van der Waals surface area contributed by atoms with Gasteiger partial charge in [0.05, 0.1) is 9.09 Å². The fraction of sp³-hybridized carbons (Fsp3) is 0.235. The number of halogens is 3. The molecule has 0 aliphatic heterocycles. The van der Waals surface area contributed by atoms with Gasteiger partial charge in [0.1, 0.15) is 5.82 Å². The summed E-state index contributed by atoms with van der Waals surface area (Å²) in [5.74, 6) is 0.0714. The number of nitrogens with zero attached hydrogens (tertiary/aromatic N) is 1. The minimum Gasteiger partial charge on any atom is -0.257 e. The number of rotatable bonds is 3. The van der Waals surface area contributed by atoms with E-state index in [2.05, 4.69) is 50.7 Å². The summed E-state index contributed by atoms with van der Waals surface area (Å²) in [6.45, 7) is 6.22. The first kappa shape index (κ1) is 16.4. The van der Waals surface area contributed by atoms with Crippen LogP contribution < -0.4 is 0 Å². The van der Waals surface area contributed by atoms with Crippen molar-refractivity contribution < 1.29 is 4.39 Å². The summed E-state index contributed by atoms with van der Waals surface area (Å²) in [6, 6.07) is 8.60. The molecule has 0 bridgehead atoms. The molecular formula is C17H16Br2FN. The zero-order valence-electron chi connectivity index (χ0n) is 12.1. The maximum absolute atomic E-state index is 13.2.